The Hall–Kier alpha value is -2.35. The number of nitrogens with zero attached hydrogens (tertiary/aromatic N) is 3. The number of hydrogen-bond acceptors (Lipinski definition) is 3. The quantitative estimate of drug-likeness (QED) is 0.770. The first-order chi connectivity index (χ1) is 14.0. The Kier molecular flexibility index (Phi) is 5.38. The highest BCUT2D eigenvalue weighted by Gasteiger charge is 2.54. The Morgan fingerprint density at radius 3 is 2.41 bits per heavy atom. The maximum absolute atomic E-state index is 13.7. The van der Waals surface area contributed by atoms with Crippen LogP contribution >= 0.6 is 0 Å². The van der Waals surface area contributed by atoms with Gasteiger partial charge in [-0.2, -0.15) is 5.26 Å². The summed E-state index contributed by atoms with van der Waals surface area (Å²) in [6.45, 7) is 4.30. The summed E-state index contributed by atoms with van der Waals surface area (Å²) >= 11 is 0. The number of hydrogen-bond donors (Lipinski definition) is 0. The number of carbonyl (C=O) groups is 2. The van der Waals surface area contributed by atoms with Gasteiger partial charge in [0.2, 0.25) is 11.8 Å². The average molecular weight is 394 g/mol. The van der Waals surface area contributed by atoms with Crippen molar-refractivity contribution in [3.8, 4) is 6.07 Å². The van der Waals surface area contributed by atoms with E-state index in [1.54, 1.807) is 0 Å². The zero-order chi connectivity index (χ0) is 20.5. The van der Waals surface area contributed by atoms with Gasteiger partial charge >= 0.3 is 0 Å². The number of carbonyl (C=O) groups excluding carboxylic acids is 2. The molecule has 5 nitrogen and oxygen atoms in total. The van der Waals surface area contributed by atoms with Crippen molar-refractivity contribution in [3.05, 3.63) is 35.9 Å². The molecule has 0 aromatic heterocycles. The third-order valence-electron chi connectivity index (χ3n) is 7.37. The molecule has 1 unspecified atom stereocenters. The van der Waals surface area contributed by atoms with E-state index in [1.165, 1.54) is 0 Å². The van der Waals surface area contributed by atoms with Gasteiger partial charge in [0.1, 0.15) is 0 Å². The summed E-state index contributed by atoms with van der Waals surface area (Å²) in [4.78, 5) is 30.2. The molecule has 1 atom stereocenters. The highest BCUT2D eigenvalue weighted by molar-refractivity contribution is 5.89. The van der Waals surface area contributed by atoms with Crippen LogP contribution in [0.25, 0.3) is 0 Å². The van der Waals surface area contributed by atoms with Crippen LogP contribution in [0.3, 0.4) is 0 Å². The molecule has 3 fully saturated rings. The molecule has 2 amide bonds. The molecule has 154 valence electrons. The van der Waals surface area contributed by atoms with Crippen LogP contribution in [-0.4, -0.2) is 47.8 Å². The average Bonchev–Trinajstić information content (AvgIpc) is 2.69. The van der Waals surface area contributed by atoms with Gasteiger partial charge in [-0.1, -0.05) is 43.7 Å². The molecular weight excluding hydrogens is 362 g/mol. The lowest BCUT2D eigenvalue weighted by Gasteiger charge is -2.53. The third-order valence-corrected chi connectivity index (χ3v) is 7.37. The van der Waals surface area contributed by atoms with E-state index in [1.807, 2.05) is 34.9 Å². The Balaban J connectivity index is 1.53. The second-order valence-corrected chi connectivity index (χ2v) is 9.34. The van der Waals surface area contributed by atoms with Crippen LogP contribution in [0.4, 0.5) is 0 Å². The van der Waals surface area contributed by atoms with Crippen LogP contribution < -0.4 is 0 Å². The fraction of sp³-hybridized carbons (Fsp3) is 0.625. The minimum Gasteiger partial charge on any atom is -0.340 e. The Morgan fingerprint density at radius 1 is 1.10 bits per heavy atom. The lowest BCUT2D eigenvalue weighted by atomic mass is 9.71. The first-order valence-corrected chi connectivity index (χ1v) is 11.0. The normalized spacial score (nSPS) is 26.2. The zero-order valence-electron chi connectivity index (χ0n) is 17.4. The van der Waals surface area contributed by atoms with Gasteiger partial charge in [0.05, 0.1) is 16.9 Å². The fourth-order valence-electron chi connectivity index (χ4n) is 5.16. The monoisotopic (exact) mass is 393 g/mol. The van der Waals surface area contributed by atoms with Crippen LogP contribution in [0.15, 0.2) is 30.3 Å². The SMILES string of the molecule is CCC1(C#N)CCCN(C(=O)C2(Cc3ccccc3)CN(C(=O)C3CCC3)C2)C1. The molecule has 2 saturated heterocycles. The van der Waals surface area contributed by atoms with Gasteiger partial charge in [-0.15, -0.1) is 0 Å². The number of benzene rings is 1. The van der Waals surface area contributed by atoms with E-state index in [2.05, 4.69) is 18.2 Å². The van der Waals surface area contributed by atoms with E-state index in [0.29, 0.717) is 26.1 Å². The summed E-state index contributed by atoms with van der Waals surface area (Å²) in [6, 6.07) is 12.6. The largest absolute Gasteiger partial charge is 0.340 e. The molecule has 5 heteroatoms. The summed E-state index contributed by atoms with van der Waals surface area (Å²) in [5.41, 5.74) is 0.163. The van der Waals surface area contributed by atoms with Crippen molar-refractivity contribution in [2.24, 2.45) is 16.7 Å². The summed E-state index contributed by atoms with van der Waals surface area (Å²) in [6.07, 6.45) is 6.28. The molecule has 2 heterocycles. The number of amides is 2. The smallest absolute Gasteiger partial charge is 0.232 e. The molecule has 1 aromatic carbocycles. The number of nitriles is 1. The molecule has 1 saturated carbocycles. The predicted molar refractivity (Wildman–Crippen MR) is 111 cm³/mol. The molecule has 0 radical (unpaired) electrons. The van der Waals surface area contributed by atoms with E-state index >= 15 is 0 Å². The number of rotatable bonds is 5. The lowest BCUT2D eigenvalue weighted by molar-refractivity contribution is -0.166. The van der Waals surface area contributed by atoms with E-state index in [0.717, 1.165) is 50.6 Å². The molecule has 0 N–H and O–H groups in total. The van der Waals surface area contributed by atoms with Gasteiger partial charge in [0, 0.05) is 32.1 Å². The van der Waals surface area contributed by atoms with Crippen LogP contribution in [0.1, 0.15) is 51.0 Å². The van der Waals surface area contributed by atoms with Crippen molar-refractivity contribution < 1.29 is 9.59 Å². The number of likely N-dealkylation sites (tertiary alicyclic amines) is 2. The van der Waals surface area contributed by atoms with Crippen LogP contribution in [0, 0.1) is 28.1 Å². The van der Waals surface area contributed by atoms with Crippen molar-refractivity contribution in [3.63, 3.8) is 0 Å². The Labute approximate surface area is 173 Å². The van der Waals surface area contributed by atoms with Gasteiger partial charge in [0.15, 0.2) is 0 Å². The molecule has 0 bridgehead atoms. The summed E-state index contributed by atoms with van der Waals surface area (Å²) < 4.78 is 0. The highest BCUT2D eigenvalue weighted by Crippen LogP contribution is 2.42. The van der Waals surface area contributed by atoms with Gasteiger partial charge in [0.25, 0.3) is 0 Å². The van der Waals surface area contributed by atoms with Crippen LogP contribution in [0.5, 0.6) is 0 Å². The van der Waals surface area contributed by atoms with Crippen molar-refractivity contribution >= 4 is 11.8 Å². The van der Waals surface area contributed by atoms with Gasteiger partial charge in [-0.05, 0) is 44.1 Å². The second-order valence-electron chi connectivity index (χ2n) is 9.34. The maximum atomic E-state index is 13.7. The Morgan fingerprint density at radius 2 is 1.83 bits per heavy atom. The molecule has 29 heavy (non-hydrogen) atoms. The molecule has 1 aliphatic carbocycles. The van der Waals surface area contributed by atoms with Crippen molar-refractivity contribution in [1.29, 1.82) is 5.26 Å². The standard InChI is InChI=1S/C24H31N3O2/c1-2-23(15-25)12-7-13-26(16-23)22(29)24(14-19-8-4-3-5-9-19)17-27(18-24)21(28)20-10-6-11-20/h3-5,8-9,20H,2,6-7,10-14,16-18H2,1H3. The van der Waals surface area contributed by atoms with Crippen LogP contribution in [0.2, 0.25) is 0 Å². The molecule has 3 aliphatic rings. The van der Waals surface area contributed by atoms with Crippen molar-refractivity contribution in [2.45, 2.75) is 51.9 Å². The maximum Gasteiger partial charge on any atom is 0.232 e. The van der Waals surface area contributed by atoms with Crippen molar-refractivity contribution in [1.82, 2.24) is 9.80 Å². The Bertz CT molecular complexity index is 805. The topological polar surface area (TPSA) is 64.4 Å². The molecule has 4 rings (SSSR count). The molecule has 1 aromatic rings. The molecule has 0 spiro atoms. The van der Waals surface area contributed by atoms with Crippen LogP contribution in [-0.2, 0) is 16.0 Å². The third kappa shape index (κ3) is 3.66. The van der Waals surface area contributed by atoms with E-state index in [4.69, 9.17) is 0 Å². The minimum absolute atomic E-state index is 0.131. The summed E-state index contributed by atoms with van der Waals surface area (Å²) in [5.74, 6) is 0.527. The fourth-order valence-corrected chi connectivity index (χ4v) is 5.16. The van der Waals surface area contributed by atoms with E-state index in [9.17, 15) is 14.9 Å². The lowest BCUT2D eigenvalue weighted by Crippen LogP contribution is -2.68. The highest BCUT2D eigenvalue weighted by atomic mass is 16.2. The first kappa shape index (κ1) is 19.9. The molecular formula is C24H31N3O2. The second kappa shape index (κ2) is 7.82. The predicted octanol–water partition coefficient (Wildman–Crippen LogP) is 3.40. The number of piperidine rings is 1. The van der Waals surface area contributed by atoms with Gasteiger partial charge in [-0.25, -0.2) is 0 Å². The minimum atomic E-state index is -0.549. The van der Waals surface area contributed by atoms with Gasteiger partial charge < -0.3 is 9.80 Å². The van der Waals surface area contributed by atoms with E-state index < -0.39 is 10.8 Å². The van der Waals surface area contributed by atoms with Crippen molar-refractivity contribution in [2.75, 3.05) is 26.2 Å². The summed E-state index contributed by atoms with van der Waals surface area (Å²) in [5, 5.41) is 9.72. The first-order valence-electron chi connectivity index (χ1n) is 11.0. The summed E-state index contributed by atoms with van der Waals surface area (Å²) in [7, 11) is 0. The zero-order valence-corrected chi connectivity index (χ0v) is 17.4. The molecule has 2 aliphatic heterocycles. The van der Waals surface area contributed by atoms with Gasteiger partial charge in [-0.3, -0.25) is 9.59 Å². The van der Waals surface area contributed by atoms with E-state index in [-0.39, 0.29) is 17.7 Å².